The average molecular weight is 157 g/mol. The minimum atomic E-state index is 0.466. The number of nitrogens with zero attached hydrogens (tertiary/aromatic N) is 2. The molecular formula is C9H7N3. The molecule has 0 atom stereocenters. The van der Waals surface area contributed by atoms with Gasteiger partial charge >= 0.3 is 5.49 Å². The standard InChI is InChI=1S/C9H7N3/c10-12-9-6-5-7-3-1-2-4-8(7)11-9/h1-6,11H. The molecule has 58 valence electrons. The number of aromatic nitrogens is 1. The number of hydrogen-bond donors (Lipinski definition) is 1. The molecule has 0 aliphatic rings. The van der Waals surface area contributed by atoms with E-state index >= 15 is 0 Å². The van der Waals surface area contributed by atoms with Gasteiger partial charge in [0.25, 0.3) is 0 Å². The van der Waals surface area contributed by atoms with Crippen molar-refractivity contribution in [3.63, 3.8) is 0 Å². The summed E-state index contributed by atoms with van der Waals surface area (Å²) in [7, 11) is 0. The lowest BCUT2D eigenvalue weighted by molar-refractivity contribution is -0.0715. The Balaban J connectivity index is 2.94. The van der Waals surface area contributed by atoms with E-state index in [1.54, 1.807) is 6.07 Å². The number of H-pyrrole nitrogens is 1. The average Bonchev–Trinajstić information content (AvgIpc) is 2.17. The van der Waals surface area contributed by atoms with Gasteiger partial charge in [-0.15, -0.1) is 0 Å². The Kier molecular flexibility index (Phi) is 1.50. The lowest BCUT2D eigenvalue weighted by Gasteiger charge is -1.89. The molecule has 1 N–H and O–H groups in total. The van der Waals surface area contributed by atoms with E-state index in [0.717, 1.165) is 10.9 Å². The van der Waals surface area contributed by atoms with Crippen LogP contribution in [0, 0.1) is 0 Å². The Morgan fingerprint density at radius 2 is 1.92 bits per heavy atom. The van der Waals surface area contributed by atoms with Crippen LogP contribution >= 0.6 is 0 Å². The molecule has 0 saturated carbocycles. The first-order chi connectivity index (χ1) is 5.90. The minimum absolute atomic E-state index is 0.466. The largest absolute Gasteiger partial charge is 0.497 e. The molecule has 0 unspecified atom stereocenters. The van der Waals surface area contributed by atoms with Gasteiger partial charge in [-0.05, 0) is 12.1 Å². The summed E-state index contributed by atoms with van der Waals surface area (Å²) in [6.07, 6.45) is 0. The molecule has 12 heavy (non-hydrogen) atoms. The van der Waals surface area contributed by atoms with Gasteiger partial charge in [-0.25, -0.2) is 4.98 Å². The molecular weight excluding hydrogens is 150 g/mol. The molecule has 1 aromatic heterocycles. The van der Waals surface area contributed by atoms with E-state index in [1.165, 1.54) is 0 Å². The van der Waals surface area contributed by atoms with Crippen molar-refractivity contribution in [1.29, 1.82) is 0 Å². The molecule has 2 rings (SSSR count). The SMILES string of the molecule is [N-]=[N+]=c1ccc2ccccc2[nH]1. The van der Waals surface area contributed by atoms with E-state index in [1.807, 2.05) is 30.3 Å². The highest BCUT2D eigenvalue weighted by molar-refractivity contribution is 5.77. The molecule has 0 saturated heterocycles. The van der Waals surface area contributed by atoms with Gasteiger partial charge in [-0.2, -0.15) is 0 Å². The predicted octanol–water partition coefficient (Wildman–Crippen LogP) is 1.30. The molecule has 2 aromatic rings. The fraction of sp³-hybridized carbons (Fsp3) is 0. The number of para-hydroxylation sites is 1. The lowest BCUT2D eigenvalue weighted by Crippen LogP contribution is -2.06. The highest BCUT2D eigenvalue weighted by Gasteiger charge is 1.94. The number of hydrogen-bond acceptors (Lipinski definition) is 0. The first-order valence-electron chi connectivity index (χ1n) is 3.66. The van der Waals surface area contributed by atoms with Crippen molar-refractivity contribution in [3.05, 3.63) is 47.4 Å². The molecule has 0 bridgehead atoms. The van der Waals surface area contributed by atoms with Crippen LogP contribution in [-0.2, 0) is 0 Å². The monoisotopic (exact) mass is 157 g/mol. The normalized spacial score (nSPS) is 9.67. The van der Waals surface area contributed by atoms with Gasteiger partial charge < -0.3 is 10.3 Å². The van der Waals surface area contributed by atoms with Gasteiger partial charge in [-0.1, -0.05) is 18.2 Å². The Bertz CT molecular complexity index is 492. The Hall–Kier alpha value is -1.86. The molecule has 0 aliphatic heterocycles. The number of rotatable bonds is 0. The smallest absolute Gasteiger partial charge is 0.357 e. The molecule has 1 aromatic carbocycles. The summed E-state index contributed by atoms with van der Waals surface area (Å²) in [6.45, 7) is 0. The van der Waals surface area contributed by atoms with Crippen molar-refractivity contribution in [2.24, 2.45) is 0 Å². The van der Waals surface area contributed by atoms with Crippen LogP contribution in [-0.4, -0.2) is 9.77 Å². The molecule has 0 aliphatic carbocycles. The van der Waals surface area contributed by atoms with Crippen LogP contribution in [0.3, 0.4) is 0 Å². The van der Waals surface area contributed by atoms with Gasteiger partial charge in [0.2, 0.25) is 0 Å². The quantitative estimate of drug-likeness (QED) is 0.442. The van der Waals surface area contributed by atoms with Gasteiger partial charge in [0, 0.05) is 11.5 Å². The summed E-state index contributed by atoms with van der Waals surface area (Å²) in [4.78, 5) is 6.02. The van der Waals surface area contributed by atoms with Crippen molar-refractivity contribution >= 4 is 10.9 Å². The molecule has 3 heteroatoms. The van der Waals surface area contributed by atoms with Gasteiger partial charge in [0.05, 0.1) is 0 Å². The fourth-order valence-corrected chi connectivity index (χ4v) is 1.16. The zero-order valence-electron chi connectivity index (χ0n) is 6.36. The number of pyridine rings is 1. The van der Waals surface area contributed by atoms with Crippen LogP contribution in [0.4, 0.5) is 0 Å². The van der Waals surface area contributed by atoms with Crippen molar-refractivity contribution in [2.75, 3.05) is 0 Å². The van der Waals surface area contributed by atoms with Crippen molar-refractivity contribution in [3.8, 4) is 0 Å². The second-order valence-corrected chi connectivity index (χ2v) is 2.53. The molecule has 0 spiro atoms. The molecule has 0 amide bonds. The van der Waals surface area contributed by atoms with Crippen molar-refractivity contribution in [1.82, 2.24) is 4.98 Å². The Morgan fingerprint density at radius 3 is 2.75 bits per heavy atom. The minimum Gasteiger partial charge on any atom is -0.497 e. The van der Waals surface area contributed by atoms with E-state index in [9.17, 15) is 0 Å². The maximum Gasteiger partial charge on any atom is 0.357 e. The topological polar surface area (TPSA) is 52.2 Å². The zero-order valence-corrected chi connectivity index (χ0v) is 6.36. The van der Waals surface area contributed by atoms with Gasteiger partial charge in [-0.3, -0.25) is 0 Å². The van der Waals surface area contributed by atoms with E-state index in [2.05, 4.69) is 9.77 Å². The van der Waals surface area contributed by atoms with Crippen LogP contribution in [0.5, 0.6) is 0 Å². The van der Waals surface area contributed by atoms with Crippen LogP contribution in [0.15, 0.2) is 36.4 Å². The van der Waals surface area contributed by atoms with E-state index in [0.29, 0.717) is 5.49 Å². The first-order valence-corrected chi connectivity index (χ1v) is 3.66. The first kappa shape index (κ1) is 6.83. The molecule has 0 radical (unpaired) electrons. The number of benzene rings is 1. The third kappa shape index (κ3) is 1.02. The number of fused-ring (bicyclic) bond motifs is 1. The van der Waals surface area contributed by atoms with E-state index in [4.69, 9.17) is 5.53 Å². The fourth-order valence-electron chi connectivity index (χ4n) is 1.16. The van der Waals surface area contributed by atoms with Crippen LogP contribution in [0.2, 0.25) is 0 Å². The predicted molar refractivity (Wildman–Crippen MR) is 45.1 cm³/mol. The van der Waals surface area contributed by atoms with E-state index in [-0.39, 0.29) is 0 Å². The van der Waals surface area contributed by atoms with Crippen LogP contribution in [0.25, 0.3) is 16.4 Å². The highest BCUT2D eigenvalue weighted by Crippen LogP contribution is 2.06. The molecule has 1 heterocycles. The number of aromatic amines is 1. The van der Waals surface area contributed by atoms with Gasteiger partial charge in [0.1, 0.15) is 5.52 Å². The third-order valence-electron chi connectivity index (χ3n) is 1.75. The second-order valence-electron chi connectivity index (χ2n) is 2.53. The lowest BCUT2D eigenvalue weighted by atomic mass is 10.2. The van der Waals surface area contributed by atoms with Crippen LogP contribution < -0.4 is 5.49 Å². The highest BCUT2D eigenvalue weighted by atomic mass is 14.9. The van der Waals surface area contributed by atoms with E-state index < -0.39 is 0 Å². The van der Waals surface area contributed by atoms with Crippen LogP contribution in [0.1, 0.15) is 0 Å². The summed E-state index contributed by atoms with van der Waals surface area (Å²) in [6, 6.07) is 11.5. The summed E-state index contributed by atoms with van der Waals surface area (Å²) in [5.74, 6) is 0. The Labute approximate surface area is 68.9 Å². The van der Waals surface area contributed by atoms with Gasteiger partial charge in [0.15, 0.2) is 0 Å². The third-order valence-corrected chi connectivity index (χ3v) is 1.75. The maximum atomic E-state index is 8.49. The molecule has 3 nitrogen and oxygen atoms in total. The zero-order chi connectivity index (χ0) is 8.39. The summed E-state index contributed by atoms with van der Waals surface area (Å²) in [5.41, 5.74) is 9.92. The molecule has 0 fully saturated rings. The second kappa shape index (κ2) is 2.64. The Morgan fingerprint density at radius 1 is 1.08 bits per heavy atom. The number of nitrogens with one attached hydrogen (secondary N) is 1. The van der Waals surface area contributed by atoms with Crippen molar-refractivity contribution < 1.29 is 4.79 Å². The summed E-state index contributed by atoms with van der Waals surface area (Å²) >= 11 is 0. The van der Waals surface area contributed by atoms with Crippen molar-refractivity contribution in [2.45, 2.75) is 0 Å². The summed E-state index contributed by atoms with van der Waals surface area (Å²) < 4.78 is 0. The summed E-state index contributed by atoms with van der Waals surface area (Å²) in [5, 5.41) is 1.10. The maximum absolute atomic E-state index is 8.49.